The van der Waals surface area contributed by atoms with Crippen LogP contribution < -0.4 is 9.80 Å². The summed E-state index contributed by atoms with van der Waals surface area (Å²) in [5.41, 5.74) is 17.4. The minimum atomic E-state index is 0.178. The Labute approximate surface area is 332 Å². The van der Waals surface area contributed by atoms with Gasteiger partial charge < -0.3 is 9.80 Å². The molecule has 2 aliphatic heterocycles. The van der Waals surface area contributed by atoms with Crippen LogP contribution >= 0.6 is 0 Å². The molecule has 0 saturated carbocycles. The molecule has 0 amide bonds. The van der Waals surface area contributed by atoms with Crippen molar-refractivity contribution in [3.05, 3.63) is 210 Å². The lowest BCUT2D eigenvalue weighted by Crippen LogP contribution is -2.33. The molecule has 5 unspecified atom stereocenters. The quantitative estimate of drug-likeness (QED) is 0.183. The van der Waals surface area contributed by atoms with Crippen LogP contribution in [0.4, 0.5) is 17.1 Å². The number of anilines is 3. The fraction of sp³-hybridized carbons (Fsp3) is 0.222. The summed E-state index contributed by atoms with van der Waals surface area (Å²) in [6.45, 7) is 0. The van der Waals surface area contributed by atoms with E-state index in [-0.39, 0.29) is 6.04 Å². The molecule has 2 heteroatoms. The van der Waals surface area contributed by atoms with Crippen molar-refractivity contribution in [1.82, 2.24) is 0 Å². The second-order valence-electron chi connectivity index (χ2n) is 16.5. The van der Waals surface area contributed by atoms with Crippen molar-refractivity contribution in [2.24, 2.45) is 5.92 Å². The molecule has 4 aromatic carbocycles. The molecule has 11 rings (SSSR count). The summed E-state index contributed by atoms with van der Waals surface area (Å²) in [6, 6.07) is 35.1. The van der Waals surface area contributed by atoms with Gasteiger partial charge >= 0.3 is 0 Å². The molecule has 0 saturated heterocycles. The van der Waals surface area contributed by atoms with E-state index in [2.05, 4.69) is 186 Å². The third-order valence-electron chi connectivity index (χ3n) is 13.2. The second kappa shape index (κ2) is 14.0. The third kappa shape index (κ3) is 5.77. The van der Waals surface area contributed by atoms with E-state index in [0.717, 1.165) is 25.7 Å². The molecule has 7 aliphatic rings. The molecule has 56 heavy (non-hydrogen) atoms. The van der Waals surface area contributed by atoms with Crippen molar-refractivity contribution >= 4 is 28.2 Å². The van der Waals surface area contributed by atoms with Crippen molar-refractivity contribution in [1.29, 1.82) is 0 Å². The average Bonchev–Trinajstić information content (AvgIpc) is 3.79. The van der Waals surface area contributed by atoms with E-state index >= 15 is 0 Å². The number of allylic oxidation sites excluding steroid dienone is 14. The molecule has 0 fully saturated rings. The molecule has 5 aliphatic carbocycles. The number of hydrogen-bond donors (Lipinski definition) is 0. The highest BCUT2D eigenvalue weighted by Gasteiger charge is 2.41. The van der Waals surface area contributed by atoms with Crippen LogP contribution in [0.15, 0.2) is 187 Å². The van der Waals surface area contributed by atoms with Gasteiger partial charge in [0.2, 0.25) is 0 Å². The Morgan fingerprint density at radius 3 is 2.18 bits per heavy atom. The highest BCUT2D eigenvalue weighted by Crippen LogP contribution is 2.52. The van der Waals surface area contributed by atoms with Crippen LogP contribution in [0, 0.1) is 5.92 Å². The number of rotatable bonds is 6. The first kappa shape index (κ1) is 33.5. The normalized spacial score (nSPS) is 25.5. The van der Waals surface area contributed by atoms with Gasteiger partial charge in [0.05, 0.1) is 12.1 Å². The Balaban J connectivity index is 0.964. The van der Waals surface area contributed by atoms with Gasteiger partial charge in [0, 0.05) is 40.5 Å². The van der Waals surface area contributed by atoms with Crippen LogP contribution in [-0.4, -0.2) is 12.1 Å². The topological polar surface area (TPSA) is 6.48 Å². The Morgan fingerprint density at radius 1 is 0.500 bits per heavy atom. The van der Waals surface area contributed by atoms with E-state index in [1.807, 2.05) is 0 Å². The lowest BCUT2D eigenvalue weighted by molar-refractivity contribution is 0.565. The Bertz CT molecular complexity index is 2500. The zero-order valence-electron chi connectivity index (χ0n) is 32.0. The zero-order chi connectivity index (χ0) is 37.0. The van der Waals surface area contributed by atoms with Crippen molar-refractivity contribution in [2.45, 2.75) is 68.9 Å². The van der Waals surface area contributed by atoms with E-state index in [1.165, 1.54) is 92.1 Å². The second-order valence-corrected chi connectivity index (χ2v) is 16.5. The molecule has 0 N–H and O–H groups in total. The Kier molecular flexibility index (Phi) is 8.38. The molecule has 0 spiro atoms. The van der Waals surface area contributed by atoms with Gasteiger partial charge in [-0.05, 0) is 138 Å². The highest BCUT2D eigenvalue weighted by atomic mass is 15.2. The summed E-state index contributed by atoms with van der Waals surface area (Å²) in [5.74, 6) is 1.28. The number of hydrogen-bond acceptors (Lipinski definition) is 2. The molecular formula is C54H48N2. The minimum absolute atomic E-state index is 0.178. The summed E-state index contributed by atoms with van der Waals surface area (Å²) in [7, 11) is 0. The zero-order valence-corrected chi connectivity index (χ0v) is 32.0. The van der Waals surface area contributed by atoms with Gasteiger partial charge in [-0.25, -0.2) is 0 Å². The average molecular weight is 725 g/mol. The van der Waals surface area contributed by atoms with Gasteiger partial charge in [0.15, 0.2) is 0 Å². The SMILES string of the molecule is C1=CC(c2cc(-c3ccccc3)cc(N3c4ccccc4C4C=CC(c5ccc6c(c5)C5CCC=CC5N6C5=CCC(C6=CCCC=C6)C=C5)=CC43)c2)=CCC1. The maximum atomic E-state index is 2.64. The first-order valence-corrected chi connectivity index (χ1v) is 21.0. The molecule has 5 atom stereocenters. The molecule has 4 aromatic rings. The predicted molar refractivity (Wildman–Crippen MR) is 236 cm³/mol. The first-order chi connectivity index (χ1) is 27.8. The predicted octanol–water partition coefficient (Wildman–Crippen LogP) is 13.7. The Hall–Kier alpha value is -5.86. The van der Waals surface area contributed by atoms with Gasteiger partial charge in [-0.3, -0.25) is 0 Å². The van der Waals surface area contributed by atoms with E-state index in [9.17, 15) is 0 Å². The van der Waals surface area contributed by atoms with Crippen LogP contribution in [-0.2, 0) is 0 Å². The van der Waals surface area contributed by atoms with Crippen LogP contribution in [0.25, 0.3) is 22.3 Å². The smallest absolute Gasteiger partial charge is 0.0635 e. The van der Waals surface area contributed by atoms with E-state index < -0.39 is 0 Å². The number of fused-ring (bicyclic) bond motifs is 6. The van der Waals surface area contributed by atoms with Crippen LogP contribution in [0.1, 0.15) is 79.0 Å². The van der Waals surface area contributed by atoms with Gasteiger partial charge in [-0.15, -0.1) is 0 Å². The van der Waals surface area contributed by atoms with Gasteiger partial charge in [-0.1, -0.05) is 134 Å². The largest absolute Gasteiger partial charge is 0.334 e. The Morgan fingerprint density at radius 2 is 1.34 bits per heavy atom. The number of para-hydroxylation sites is 1. The lowest BCUT2D eigenvalue weighted by atomic mass is 9.83. The molecular weight excluding hydrogens is 677 g/mol. The fourth-order valence-electron chi connectivity index (χ4n) is 10.5. The summed E-state index contributed by atoms with van der Waals surface area (Å²) < 4.78 is 0. The minimum Gasteiger partial charge on any atom is -0.334 e. The molecule has 2 nitrogen and oxygen atoms in total. The van der Waals surface area contributed by atoms with Gasteiger partial charge in [-0.2, -0.15) is 0 Å². The molecule has 2 heterocycles. The van der Waals surface area contributed by atoms with Crippen molar-refractivity contribution in [3.63, 3.8) is 0 Å². The third-order valence-corrected chi connectivity index (χ3v) is 13.2. The molecule has 274 valence electrons. The summed E-state index contributed by atoms with van der Waals surface area (Å²) in [5, 5.41) is 0. The van der Waals surface area contributed by atoms with E-state index in [4.69, 9.17) is 0 Å². The van der Waals surface area contributed by atoms with E-state index in [0.29, 0.717) is 23.8 Å². The van der Waals surface area contributed by atoms with Crippen LogP contribution in [0.5, 0.6) is 0 Å². The highest BCUT2D eigenvalue weighted by molar-refractivity contribution is 5.88. The first-order valence-electron chi connectivity index (χ1n) is 21.0. The maximum Gasteiger partial charge on any atom is 0.0635 e. The molecule has 0 radical (unpaired) electrons. The summed E-state index contributed by atoms with van der Waals surface area (Å²) >= 11 is 0. The van der Waals surface area contributed by atoms with Crippen molar-refractivity contribution in [3.8, 4) is 11.1 Å². The van der Waals surface area contributed by atoms with E-state index in [1.54, 1.807) is 0 Å². The van der Waals surface area contributed by atoms with Gasteiger partial charge in [0.25, 0.3) is 0 Å². The van der Waals surface area contributed by atoms with Crippen LogP contribution in [0.3, 0.4) is 0 Å². The summed E-state index contributed by atoms with van der Waals surface area (Å²) in [4.78, 5) is 5.26. The molecule has 0 bridgehead atoms. The van der Waals surface area contributed by atoms with Crippen molar-refractivity contribution in [2.75, 3.05) is 9.80 Å². The summed E-state index contributed by atoms with van der Waals surface area (Å²) in [6.07, 6.45) is 41.8. The molecule has 0 aromatic heterocycles. The maximum absolute atomic E-state index is 2.64. The van der Waals surface area contributed by atoms with Crippen LogP contribution in [0.2, 0.25) is 0 Å². The lowest BCUT2D eigenvalue weighted by Gasteiger charge is -2.33. The van der Waals surface area contributed by atoms with Crippen molar-refractivity contribution < 1.29 is 0 Å². The number of nitrogens with zero attached hydrogens (tertiary/aromatic N) is 2. The number of benzene rings is 4. The van der Waals surface area contributed by atoms with Gasteiger partial charge in [0.1, 0.15) is 0 Å². The standard InChI is InChI=1S/C54H48N2/c1-4-14-37(15-5-1)40-24-28-45(29-25-40)55-52-23-13-11-21-48(52)50-35-41(27-31-53(50)55)42-26-30-49-47-20-10-12-22-51(47)56(54(49)36-42)46-33-43(38-16-6-2-7-17-38)32-44(34-46)39-18-8-3-9-19-39/h2,4,6-8,10,12-20,22-24,26-36,40,48-49,52,54H,1,3,5,9,11,21,25H2. The fourth-order valence-corrected chi connectivity index (χ4v) is 10.5. The monoisotopic (exact) mass is 724 g/mol.